The van der Waals surface area contributed by atoms with Gasteiger partial charge in [0, 0.05) is 17.8 Å². The van der Waals surface area contributed by atoms with E-state index >= 15 is 0 Å². The molecule has 0 saturated carbocycles. The lowest BCUT2D eigenvalue weighted by molar-refractivity contribution is -0.142. The molecule has 1 aromatic rings. The van der Waals surface area contributed by atoms with E-state index in [1.165, 1.54) is 4.68 Å². The molecule has 4 nitrogen and oxygen atoms in total. The van der Waals surface area contributed by atoms with Gasteiger partial charge in [-0.05, 0) is 32.6 Å². The Morgan fingerprint density at radius 2 is 2.10 bits per heavy atom. The molecule has 0 saturated heterocycles. The molecule has 0 aliphatic heterocycles. The van der Waals surface area contributed by atoms with Crippen molar-refractivity contribution in [3.05, 3.63) is 17.0 Å². The Labute approximate surface area is 115 Å². The van der Waals surface area contributed by atoms with Crippen LogP contribution in [0, 0.1) is 0 Å². The van der Waals surface area contributed by atoms with E-state index in [-0.39, 0.29) is 11.5 Å². The van der Waals surface area contributed by atoms with Gasteiger partial charge in [0.05, 0.1) is 0 Å². The van der Waals surface area contributed by atoms with E-state index in [1.54, 1.807) is 13.8 Å². The van der Waals surface area contributed by atoms with E-state index in [0.29, 0.717) is 37.9 Å². The van der Waals surface area contributed by atoms with Crippen molar-refractivity contribution in [3.63, 3.8) is 0 Å². The molecule has 1 N–H and O–H groups in total. The van der Waals surface area contributed by atoms with Crippen molar-refractivity contribution in [3.8, 4) is 0 Å². The lowest BCUT2D eigenvalue weighted by atomic mass is 10.1. The number of hydrogen-bond donors (Lipinski definition) is 1. The first-order valence-electron chi connectivity index (χ1n) is 6.85. The van der Waals surface area contributed by atoms with Crippen LogP contribution in [0.25, 0.3) is 0 Å². The minimum atomic E-state index is -4.46. The molecule has 1 aliphatic rings. The molecule has 1 aliphatic carbocycles. The molecule has 1 aromatic heterocycles. The predicted molar refractivity (Wildman–Crippen MR) is 67.3 cm³/mol. The molecule has 0 bridgehead atoms. The van der Waals surface area contributed by atoms with Gasteiger partial charge in [-0.15, -0.1) is 0 Å². The van der Waals surface area contributed by atoms with Crippen LogP contribution in [0.2, 0.25) is 0 Å². The van der Waals surface area contributed by atoms with Gasteiger partial charge in [0.1, 0.15) is 6.04 Å². The fourth-order valence-corrected chi connectivity index (χ4v) is 2.71. The Morgan fingerprint density at radius 1 is 1.40 bits per heavy atom. The molecular formula is C13H18F3N3O. The molecule has 1 heterocycles. The van der Waals surface area contributed by atoms with Crippen molar-refractivity contribution < 1.29 is 18.0 Å². The number of halogens is 3. The first-order valence-corrected chi connectivity index (χ1v) is 6.85. The maximum Gasteiger partial charge on any atom is 0.435 e. The number of hydrogen-bond acceptors (Lipinski definition) is 2. The van der Waals surface area contributed by atoms with Gasteiger partial charge in [-0.2, -0.15) is 18.3 Å². The topological polar surface area (TPSA) is 46.9 Å². The molecule has 7 heteroatoms. The molecule has 1 amide bonds. The fraction of sp³-hybridized carbons (Fsp3) is 0.692. The second-order valence-corrected chi connectivity index (χ2v) is 4.89. The number of carbonyl (C=O) groups excluding carboxylic acids is 1. The summed E-state index contributed by atoms with van der Waals surface area (Å²) in [6.45, 7) is 4.00. The molecule has 0 unspecified atom stereocenters. The number of likely N-dealkylation sites (N-methyl/N-ethyl adjacent to an activating group) is 1. The Morgan fingerprint density at radius 3 is 2.65 bits per heavy atom. The summed E-state index contributed by atoms with van der Waals surface area (Å²) in [5.74, 6) is -0.277. The molecule has 0 radical (unpaired) electrons. The summed E-state index contributed by atoms with van der Waals surface area (Å²) in [6, 6.07) is -0.669. The lowest BCUT2D eigenvalue weighted by Gasteiger charge is -2.17. The van der Waals surface area contributed by atoms with Crippen LogP contribution in [0.3, 0.4) is 0 Å². The van der Waals surface area contributed by atoms with E-state index in [2.05, 4.69) is 10.4 Å². The number of amides is 1. The van der Waals surface area contributed by atoms with Crippen LogP contribution in [-0.2, 0) is 23.8 Å². The van der Waals surface area contributed by atoms with E-state index in [4.69, 9.17) is 0 Å². The summed E-state index contributed by atoms with van der Waals surface area (Å²) < 4.78 is 40.3. The molecule has 1 atom stereocenters. The van der Waals surface area contributed by atoms with E-state index in [1.807, 2.05) is 0 Å². The SMILES string of the molecule is CCNC(=O)[C@H](CC)n1nc(C(F)(F)F)c2c1CCC2. The molecule has 0 aromatic carbocycles. The monoisotopic (exact) mass is 289 g/mol. The minimum Gasteiger partial charge on any atom is -0.355 e. The molecule has 0 fully saturated rings. The Balaban J connectivity index is 2.44. The maximum atomic E-state index is 13.0. The Kier molecular flexibility index (Phi) is 4.06. The standard InChI is InChI=1S/C13H18F3N3O/c1-3-9(12(20)17-4-2)19-10-7-5-6-8(10)11(18-19)13(14,15)16/h9H,3-7H2,1-2H3,(H,17,20)/t9-/m0/s1. The smallest absolute Gasteiger partial charge is 0.355 e. The number of fused-ring (bicyclic) bond motifs is 1. The van der Waals surface area contributed by atoms with Crippen LogP contribution in [0.15, 0.2) is 0 Å². The first-order chi connectivity index (χ1) is 9.40. The zero-order valence-electron chi connectivity index (χ0n) is 11.5. The van der Waals surface area contributed by atoms with Crippen LogP contribution in [0.1, 0.15) is 49.7 Å². The van der Waals surface area contributed by atoms with Crippen LogP contribution in [0.4, 0.5) is 13.2 Å². The van der Waals surface area contributed by atoms with Gasteiger partial charge in [-0.25, -0.2) is 0 Å². The highest BCUT2D eigenvalue weighted by Crippen LogP contribution is 2.37. The number of alkyl halides is 3. The summed E-state index contributed by atoms with van der Waals surface area (Å²) in [4.78, 5) is 12.0. The highest BCUT2D eigenvalue weighted by atomic mass is 19.4. The third-order valence-corrected chi connectivity index (χ3v) is 3.56. The van der Waals surface area contributed by atoms with Crippen molar-refractivity contribution in [2.45, 2.75) is 51.7 Å². The number of nitrogens with zero attached hydrogens (tertiary/aromatic N) is 2. The Hall–Kier alpha value is -1.53. The van der Waals surface area contributed by atoms with Crippen molar-refractivity contribution >= 4 is 5.91 Å². The zero-order valence-corrected chi connectivity index (χ0v) is 11.5. The highest BCUT2D eigenvalue weighted by molar-refractivity contribution is 5.80. The summed E-state index contributed by atoms with van der Waals surface area (Å²) in [5, 5.41) is 6.36. The zero-order chi connectivity index (χ0) is 14.9. The van der Waals surface area contributed by atoms with Crippen LogP contribution >= 0.6 is 0 Å². The average molecular weight is 289 g/mol. The van der Waals surface area contributed by atoms with Crippen LogP contribution in [0.5, 0.6) is 0 Å². The lowest BCUT2D eigenvalue weighted by Crippen LogP contribution is -2.33. The largest absolute Gasteiger partial charge is 0.435 e. The minimum absolute atomic E-state index is 0.264. The van der Waals surface area contributed by atoms with Crippen molar-refractivity contribution in [2.24, 2.45) is 0 Å². The van der Waals surface area contributed by atoms with Crippen LogP contribution < -0.4 is 5.32 Å². The van der Waals surface area contributed by atoms with Crippen LogP contribution in [-0.4, -0.2) is 22.2 Å². The molecular weight excluding hydrogens is 271 g/mol. The van der Waals surface area contributed by atoms with Gasteiger partial charge in [-0.1, -0.05) is 6.92 Å². The second-order valence-electron chi connectivity index (χ2n) is 4.89. The molecule has 112 valence electrons. The van der Waals surface area contributed by atoms with Crippen molar-refractivity contribution in [1.82, 2.24) is 15.1 Å². The second kappa shape index (κ2) is 5.46. The number of carbonyl (C=O) groups is 1. The third kappa shape index (κ3) is 2.53. The number of nitrogens with one attached hydrogen (secondary N) is 1. The van der Waals surface area contributed by atoms with Gasteiger partial charge in [0.2, 0.25) is 5.91 Å². The van der Waals surface area contributed by atoms with Gasteiger partial charge >= 0.3 is 6.18 Å². The van der Waals surface area contributed by atoms with E-state index in [9.17, 15) is 18.0 Å². The summed E-state index contributed by atoms with van der Waals surface area (Å²) in [5.41, 5.74) is 0.00317. The summed E-state index contributed by atoms with van der Waals surface area (Å²) in [6.07, 6.45) is -2.43. The summed E-state index contributed by atoms with van der Waals surface area (Å²) in [7, 11) is 0. The summed E-state index contributed by atoms with van der Waals surface area (Å²) >= 11 is 0. The maximum absolute atomic E-state index is 13.0. The van der Waals surface area contributed by atoms with E-state index in [0.717, 1.165) is 0 Å². The number of rotatable bonds is 4. The number of aromatic nitrogens is 2. The van der Waals surface area contributed by atoms with Gasteiger partial charge in [-0.3, -0.25) is 9.48 Å². The molecule has 2 rings (SSSR count). The first kappa shape index (κ1) is 14.9. The van der Waals surface area contributed by atoms with Gasteiger partial charge < -0.3 is 5.32 Å². The van der Waals surface area contributed by atoms with Crippen molar-refractivity contribution in [1.29, 1.82) is 0 Å². The van der Waals surface area contributed by atoms with Gasteiger partial charge in [0.25, 0.3) is 0 Å². The highest BCUT2D eigenvalue weighted by Gasteiger charge is 2.41. The van der Waals surface area contributed by atoms with Crippen molar-refractivity contribution in [2.75, 3.05) is 6.54 Å². The molecule has 0 spiro atoms. The quantitative estimate of drug-likeness (QED) is 0.925. The fourth-order valence-electron chi connectivity index (χ4n) is 2.71. The van der Waals surface area contributed by atoms with E-state index < -0.39 is 17.9 Å². The van der Waals surface area contributed by atoms with Gasteiger partial charge in [0.15, 0.2) is 5.69 Å². The third-order valence-electron chi connectivity index (χ3n) is 3.56. The average Bonchev–Trinajstić information content (AvgIpc) is 2.92. The normalized spacial score (nSPS) is 16.1. The predicted octanol–water partition coefficient (Wildman–Crippen LogP) is 2.48. The molecule has 20 heavy (non-hydrogen) atoms. The Bertz CT molecular complexity index is 508.